The second-order valence-electron chi connectivity index (χ2n) is 3.19. The van der Waals surface area contributed by atoms with Crippen LogP contribution in [0.15, 0.2) is 29.0 Å². The summed E-state index contributed by atoms with van der Waals surface area (Å²) in [5.41, 5.74) is 3.04. The molecule has 4 heteroatoms. The van der Waals surface area contributed by atoms with Crippen LogP contribution in [-0.4, -0.2) is 14.8 Å². The van der Waals surface area contributed by atoms with Gasteiger partial charge in [0.15, 0.2) is 0 Å². The third kappa shape index (κ3) is 1.70. The van der Waals surface area contributed by atoms with Gasteiger partial charge in [-0.05, 0) is 35.0 Å². The molecule has 72 valence electrons. The van der Waals surface area contributed by atoms with E-state index in [1.54, 1.807) is 10.9 Å². The van der Waals surface area contributed by atoms with E-state index in [1.165, 1.54) is 0 Å². The zero-order valence-electron chi connectivity index (χ0n) is 8.03. The maximum atomic E-state index is 4.36. The van der Waals surface area contributed by atoms with E-state index >= 15 is 0 Å². The summed E-state index contributed by atoms with van der Waals surface area (Å²) in [5, 5.41) is 4.36. The van der Waals surface area contributed by atoms with Crippen molar-refractivity contribution in [3.63, 3.8) is 0 Å². The maximum Gasteiger partial charge on any atom is 0.107 e. The molecule has 0 aromatic carbocycles. The summed E-state index contributed by atoms with van der Waals surface area (Å²) in [4.78, 5) is 4.15. The van der Waals surface area contributed by atoms with Gasteiger partial charge in [0.05, 0.1) is 4.47 Å². The van der Waals surface area contributed by atoms with E-state index < -0.39 is 0 Å². The summed E-state index contributed by atoms with van der Waals surface area (Å²) in [6, 6.07) is 3.98. The molecule has 0 aliphatic carbocycles. The van der Waals surface area contributed by atoms with Crippen LogP contribution in [0.25, 0.3) is 11.3 Å². The fourth-order valence-corrected chi connectivity index (χ4v) is 1.95. The minimum Gasteiger partial charge on any atom is -0.274 e. The molecular weight excluding hydrogens is 242 g/mol. The predicted molar refractivity (Wildman–Crippen MR) is 58.9 cm³/mol. The van der Waals surface area contributed by atoms with Crippen LogP contribution in [0.5, 0.6) is 0 Å². The van der Waals surface area contributed by atoms with Crippen molar-refractivity contribution in [1.29, 1.82) is 0 Å². The molecule has 0 radical (unpaired) electrons. The molecule has 14 heavy (non-hydrogen) atoms. The SMILES string of the molecule is Cc1cc(-c2nn(C)cc2Br)ccn1. The van der Waals surface area contributed by atoms with Gasteiger partial charge in [0.25, 0.3) is 0 Å². The molecule has 0 aliphatic rings. The van der Waals surface area contributed by atoms with Crippen molar-refractivity contribution in [3.05, 3.63) is 34.7 Å². The molecule has 0 aliphatic heterocycles. The Kier molecular flexibility index (Phi) is 2.37. The highest BCUT2D eigenvalue weighted by molar-refractivity contribution is 9.10. The molecule has 0 bridgehead atoms. The number of nitrogens with zero attached hydrogens (tertiary/aromatic N) is 3. The van der Waals surface area contributed by atoms with Crippen molar-refractivity contribution in [2.75, 3.05) is 0 Å². The second kappa shape index (κ2) is 3.53. The predicted octanol–water partition coefficient (Wildman–Crippen LogP) is 2.55. The lowest BCUT2D eigenvalue weighted by atomic mass is 10.2. The Morgan fingerprint density at radius 3 is 2.79 bits per heavy atom. The number of aryl methyl sites for hydroxylation is 2. The summed E-state index contributed by atoms with van der Waals surface area (Å²) < 4.78 is 2.79. The van der Waals surface area contributed by atoms with Crippen LogP contribution in [0.3, 0.4) is 0 Å². The van der Waals surface area contributed by atoms with Crippen molar-refractivity contribution in [3.8, 4) is 11.3 Å². The Morgan fingerprint density at radius 2 is 2.21 bits per heavy atom. The molecule has 0 saturated heterocycles. The molecule has 0 saturated carbocycles. The Balaban J connectivity index is 2.54. The highest BCUT2D eigenvalue weighted by atomic mass is 79.9. The average molecular weight is 252 g/mol. The van der Waals surface area contributed by atoms with E-state index in [0.717, 1.165) is 21.4 Å². The van der Waals surface area contributed by atoms with Crippen LogP contribution < -0.4 is 0 Å². The van der Waals surface area contributed by atoms with Crippen molar-refractivity contribution in [2.45, 2.75) is 6.92 Å². The number of aromatic nitrogens is 3. The summed E-state index contributed by atoms with van der Waals surface area (Å²) in [7, 11) is 1.91. The minimum atomic E-state index is 0.956. The maximum absolute atomic E-state index is 4.36. The molecule has 0 N–H and O–H groups in total. The molecular formula is C10H10BrN3. The highest BCUT2D eigenvalue weighted by Crippen LogP contribution is 2.25. The molecule has 3 nitrogen and oxygen atoms in total. The Hall–Kier alpha value is -1.16. The molecule has 0 fully saturated rings. The van der Waals surface area contributed by atoms with E-state index in [9.17, 15) is 0 Å². The molecule has 2 aromatic heterocycles. The van der Waals surface area contributed by atoms with Gasteiger partial charge in [0.1, 0.15) is 5.69 Å². The quantitative estimate of drug-likeness (QED) is 0.780. The Labute approximate surface area is 90.9 Å². The lowest BCUT2D eigenvalue weighted by molar-refractivity contribution is 0.770. The first-order chi connectivity index (χ1) is 6.66. The smallest absolute Gasteiger partial charge is 0.107 e. The highest BCUT2D eigenvalue weighted by Gasteiger charge is 2.07. The van der Waals surface area contributed by atoms with Gasteiger partial charge in [-0.3, -0.25) is 9.67 Å². The van der Waals surface area contributed by atoms with Gasteiger partial charge in [-0.1, -0.05) is 0 Å². The molecule has 2 heterocycles. The first-order valence-corrected chi connectivity index (χ1v) is 5.08. The Bertz CT molecular complexity index is 462. The van der Waals surface area contributed by atoms with Crippen molar-refractivity contribution in [2.24, 2.45) is 7.05 Å². The zero-order valence-corrected chi connectivity index (χ0v) is 9.62. The third-order valence-corrected chi connectivity index (χ3v) is 2.53. The fourth-order valence-electron chi connectivity index (χ4n) is 1.35. The first kappa shape index (κ1) is 9.40. The summed E-state index contributed by atoms with van der Waals surface area (Å²) in [5.74, 6) is 0. The van der Waals surface area contributed by atoms with Gasteiger partial charge in [0.2, 0.25) is 0 Å². The molecule has 0 unspecified atom stereocenters. The van der Waals surface area contributed by atoms with Gasteiger partial charge in [-0.25, -0.2) is 0 Å². The van der Waals surface area contributed by atoms with E-state index in [0.29, 0.717) is 0 Å². The van der Waals surface area contributed by atoms with Crippen molar-refractivity contribution >= 4 is 15.9 Å². The summed E-state index contributed by atoms with van der Waals surface area (Å²) >= 11 is 3.47. The largest absolute Gasteiger partial charge is 0.274 e. The number of halogens is 1. The van der Waals surface area contributed by atoms with E-state index in [2.05, 4.69) is 26.0 Å². The minimum absolute atomic E-state index is 0.956. The summed E-state index contributed by atoms with van der Waals surface area (Å²) in [6.45, 7) is 1.97. The molecule has 0 atom stereocenters. The van der Waals surface area contributed by atoms with E-state index in [-0.39, 0.29) is 0 Å². The number of hydrogen-bond donors (Lipinski definition) is 0. The lowest BCUT2D eigenvalue weighted by Crippen LogP contribution is -1.88. The van der Waals surface area contributed by atoms with Crippen LogP contribution in [0.1, 0.15) is 5.69 Å². The van der Waals surface area contributed by atoms with Crippen LogP contribution in [0.4, 0.5) is 0 Å². The van der Waals surface area contributed by atoms with Crippen LogP contribution in [0, 0.1) is 6.92 Å². The molecule has 0 amide bonds. The third-order valence-electron chi connectivity index (χ3n) is 1.95. The Morgan fingerprint density at radius 1 is 1.43 bits per heavy atom. The van der Waals surface area contributed by atoms with Gasteiger partial charge in [-0.2, -0.15) is 5.10 Å². The van der Waals surface area contributed by atoms with Crippen molar-refractivity contribution < 1.29 is 0 Å². The summed E-state index contributed by atoms with van der Waals surface area (Å²) in [6.07, 6.45) is 3.73. The van der Waals surface area contributed by atoms with Gasteiger partial charge in [0, 0.05) is 30.7 Å². The van der Waals surface area contributed by atoms with E-state index in [4.69, 9.17) is 0 Å². The lowest BCUT2D eigenvalue weighted by Gasteiger charge is -1.98. The van der Waals surface area contributed by atoms with Gasteiger partial charge >= 0.3 is 0 Å². The monoisotopic (exact) mass is 251 g/mol. The topological polar surface area (TPSA) is 30.7 Å². The number of pyridine rings is 1. The van der Waals surface area contributed by atoms with Crippen LogP contribution in [0.2, 0.25) is 0 Å². The normalized spacial score (nSPS) is 10.5. The van der Waals surface area contributed by atoms with Crippen LogP contribution in [-0.2, 0) is 7.05 Å². The van der Waals surface area contributed by atoms with Crippen LogP contribution >= 0.6 is 15.9 Å². The zero-order chi connectivity index (χ0) is 10.1. The van der Waals surface area contributed by atoms with Gasteiger partial charge < -0.3 is 0 Å². The fraction of sp³-hybridized carbons (Fsp3) is 0.200. The number of hydrogen-bond acceptors (Lipinski definition) is 2. The van der Waals surface area contributed by atoms with Gasteiger partial charge in [-0.15, -0.1) is 0 Å². The molecule has 0 spiro atoms. The number of rotatable bonds is 1. The average Bonchev–Trinajstić information content (AvgIpc) is 2.45. The second-order valence-corrected chi connectivity index (χ2v) is 4.04. The molecule has 2 rings (SSSR count). The first-order valence-electron chi connectivity index (χ1n) is 4.29. The van der Waals surface area contributed by atoms with Crippen molar-refractivity contribution in [1.82, 2.24) is 14.8 Å². The van der Waals surface area contributed by atoms with E-state index in [1.807, 2.05) is 32.3 Å². The standard InChI is InChI=1S/C10H10BrN3/c1-7-5-8(3-4-12-7)10-9(11)6-14(2)13-10/h3-6H,1-2H3. The molecule has 2 aromatic rings.